The predicted molar refractivity (Wildman–Crippen MR) is 116 cm³/mol. The van der Waals surface area contributed by atoms with E-state index in [-0.39, 0.29) is 17.1 Å². The van der Waals surface area contributed by atoms with E-state index in [0.717, 1.165) is 17.4 Å². The van der Waals surface area contributed by atoms with E-state index in [1.54, 1.807) is 0 Å². The number of carbonyl (C=O) groups is 3. The highest BCUT2D eigenvalue weighted by Crippen LogP contribution is 2.61. The molecule has 0 aliphatic carbocycles. The molecule has 0 unspecified atom stereocenters. The number of anilines is 2. The standard InChI is InChI=1S/C23H19FN4O6/c1-34-17-7-5-12(28(32)33)10-16(17)27-20(29)18-15-3-2-8-26(15)23(19(18)21(27)30)13-9-11(24)4-6-14(13)25-22(23)31/h4-7,9-10,15,18-19H,2-3,8H2,1H3,(H,25,31)/t15-,18-,19-,23+/m0/s1. The highest BCUT2D eigenvalue weighted by atomic mass is 19.1. The van der Waals surface area contributed by atoms with Crippen molar-refractivity contribution in [3.8, 4) is 5.75 Å². The molecule has 6 rings (SSSR count). The quantitative estimate of drug-likeness (QED) is 0.418. The summed E-state index contributed by atoms with van der Waals surface area (Å²) in [4.78, 5) is 54.8. The number of rotatable bonds is 3. The number of benzene rings is 2. The third-order valence-corrected chi connectivity index (χ3v) is 7.57. The molecule has 10 nitrogen and oxygen atoms in total. The highest BCUT2D eigenvalue weighted by molar-refractivity contribution is 6.26. The Morgan fingerprint density at radius 3 is 2.71 bits per heavy atom. The second kappa shape index (κ2) is 6.83. The van der Waals surface area contributed by atoms with Gasteiger partial charge in [-0.15, -0.1) is 0 Å². The maximum atomic E-state index is 14.3. The number of nitro benzene ring substituents is 1. The van der Waals surface area contributed by atoms with Crippen LogP contribution >= 0.6 is 0 Å². The number of hydrogen-bond acceptors (Lipinski definition) is 7. The number of imide groups is 1. The summed E-state index contributed by atoms with van der Waals surface area (Å²) in [5.41, 5.74) is -1.13. The second-order valence-corrected chi connectivity index (χ2v) is 8.94. The molecule has 0 radical (unpaired) electrons. The molecule has 0 aromatic heterocycles. The van der Waals surface area contributed by atoms with E-state index in [9.17, 15) is 28.9 Å². The number of hydrogen-bond donors (Lipinski definition) is 1. The van der Waals surface area contributed by atoms with Crippen molar-refractivity contribution < 1.29 is 28.4 Å². The van der Waals surface area contributed by atoms with E-state index in [0.29, 0.717) is 24.2 Å². The van der Waals surface area contributed by atoms with Crippen LogP contribution in [0.1, 0.15) is 18.4 Å². The summed E-state index contributed by atoms with van der Waals surface area (Å²) in [5.74, 6) is -4.05. The van der Waals surface area contributed by atoms with Gasteiger partial charge in [0.15, 0.2) is 0 Å². The molecule has 2 aromatic rings. The van der Waals surface area contributed by atoms with Crippen molar-refractivity contribution >= 4 is 34.8 Å². The molecule has 2 aromatic carbocycles. The van der Waals surface area contributed by atoms with Crippen molar-refractivity contribution in [2.75, 3.05) is 23.9 Å². The first-order valence-electron chi connectivity index (χ1n) is 10.9. The summed E-state index contributed by atoms with van der Waals surface area (Å²) in [6.07, 6.45) is 1.31. The Labute approximate surface area is 192 Å². The van der Waals surface area contributed by atoms with Gasteiger partial charge in [0.05, 0.1) is 23.9 Å². The van der Waals surface area contributed by atoms with Crippen molar-refractivity contribution in [3.63, 3.8) is 0 Å². The first-order valence-corrected chi connectivity index (χ1v) is 10.9. The van der Waals surface area contributed by atoms with Crippen LogP contribution in [0.15, 0.2) is 36.4 Å². The summed E-state index contributed by atoms with van der Waals surface area (Å²) in [6.45, 7) is 0.488. The first-order chi connectivity index (χ1) is 16.3. The van der Waals surface area contributed by atoms with Crippen molar-refractivity contribution in [1.82, 2.24) is 4.90 Å². The Bertz CT molecular complexity index is 1310. The average Bonchev–Trinajstić information content (AvgIpc) is 3.52. The van der Waals surface area contributed by atoms with E-state index in [4.69, 9.17) is 4.74 Å². The average molecular weight is 466 g/mol. The third kappa shape index (κ3) is 2.34. The second-order valence-electron chi connectivity index (χ2n) is 8.94. The lowest BCUT2D eigenvalue weighted by Gasteiger charge is -2.36. The van der Waals surface area contributed by atoms with Gasteiger partial charge < -0.3 is 10.1 Å². The van der Waals surface area contributed by atoms with Gasteiger partial charge in [-0.05, 0) is 43.7 Å². The molecule has 3 saturated heterocycles. The monoisotopic (exact) mass is 466 g/mol. The topological polar surface area (TPSA) is 122 Å². The lowest BCUT2D eigenvalue weighted by Crippen LogP contribution is -2.54. The van der Waals surface area contributed by atoms with Gasteiger partial charge in [0.1, 0.15) is 22.8 Å². The Hall–Kier alpha value is -3.86. The number of nitro groups is 1. The summed E-state index contributed by atoms with van der Waals surface area (Å²) in [6, 6.07) is 7.21. The molecule has 174 valence electrons. The summed E-state index contributed by atoms with van der Waals surface area (Å²) in [5, 5.41) is 14.1. The van der Waals surface area contributed by atoms with Gasteiger partial charge >= 0.3 is 0 Å². The van der Waals surface area contributed by atoms with E-state index in [1.807, 2.05) is 4.90 Å². The van der Waals surface area contributed by atoms with Gasteiger partial charge in [-0.1, -0.05) is 0 Å². The molecular weight excluding hydrogens is 447 g/mol. The lowest BCUT2D eigenvalue weighted by molar-refractivity contribution is -0.384. The van der Waals surface area contributed by atoms with E-state index < -0.39 is 51.9 Å². The van der Waals surface area contributed by atoms with Crippen LogP contribution in [0.2, 0.25) is 0 Å². The van der Waals surface area contributed by atoms with Crippen LogP contribution in [0.3, 0.4) is 0 Å². The molecule has 11 heteroatoms. The Balaban J connectivity index is 1.56. The molecule has 1 N–H and O–H groups in total. The smallest absolute Gasteiger partial charge is 0.271 e. The first kappa shape index (κ1) is 20.7. The lowest BCUT2D eigenvalue weighted by atomic mass is 9.75. The fraction of sp³-hybridized carbons (Fsp3) is 0.348. The molecule has 34 heavy (non-hydrogen) atoms. The summed E-state index contributed by atoms with van der Waals surface area (Å²) in [7, 11) is 1.33. The summed E-state index contributed by atoms with van der Waals surface area (Å²) >= 11 is 0. The van der Waals surface area contributed by atoms with Gasteiger partial charge in [0.25, 0.3) is 5.69 Å². The summed E-state index contributed by atoms with van der Waals surface area (Å²) < 4.78 is 19.6. The third-order valence-electron chi connectivity index (χ3n) is 7.57. The maximum absolute atomic E-state index is 14.3. The number of nitrogens with zero attached hydrogens (tertiary/aromatic N) is 3. The van der Waals surface area contributed by atoms with Crippen LogP contribution in [0, 0.1) is 27.8 Å². The normalized spacial score (nSPS) is 29.4. The number of non-ortho nitro benzene ring substituents is 1. The number of ether oxygens (including phenoxy) is 1. The minimum atomic E-state index is -1.53. The molecule has 1 spiro atoms. The van der Waals surface area contributed by atoms with Crippen molar-refractivity contribution in [3.05, 3.63) is 57.9 Å². The van der Waals surface area contributed by atoms with Gasteiger partial charge in [-0.2, -0.15) is 0 Å². The Morgan fingerprint density at radius 2 is 1.97 bits per heavy atom. The molecule has 4 atom stereocenters. The van der Waals surface area contributed by atoms with Crippen molar-refractivity contribution in [2.45, 2.75) is 24.4 Å². The molecule has 4 heterocycles. The van der Waals surface area contributed by atoms with E-state index in [2.05, 4.69) is 5.32 Å². The number of halogens is 1. The van der Waals surface area contributed by atoms with Crippen LogP contribution in [-0.2, 0) is 19.9 Å². The molecule has 3 amide bonds. The highest BCUT2D eigenvalue weighted by Gasteiger charge is 2.74. The number of carbonyl (C=O) groups excluding carboxylic acids is 3. The molecule has 0 saturated carbocycles. The zero-order chi connectivity index (χ0) is 23.9. The minimum Gasteiger partial charge on any atom is -0.495 e. The van der Waals surface area contributed by atoms with Crippen molar-refractivity contribution in [1.29, 1.82) is 0 Å². The molecule has 3 fully saturated rings. The van der Waals surface area contributed by atoms with Crippen LogP contribution in [-0.4, -0.2) is 47.2 Å². The molecule has 0 bridgehead atoms. The van der Waals surface area contributed by atoms with Gasteiger partial charge in [-0.3, -0.25) is 29.4 Å². The Kier molecular flexibility index (Phi) is 4.16. The minimum absolute atomic E-state index is 0.0429. The van der Waals surface area contributed by atoms with Gasteiger partial charge in [0.2, 0.25) is 17.7 Å². The maximum Gasteiger partial charge on any atom is 0.271 e. The largest absolute Gasteiger partial charge is 0.495 e. The van der Waals surface area contributed by atoms with Crippen molar-refractivity contribution in [2.24, 2.45) is 11.8 Å². The number of nitrogens with one attached hydrogen (secondary N) is 1. The van der Waals surface area contributed by atoms with Gasteiger partial charge in [0, 0.05) is 29.4 Å². The molecular formula is C23H19FN4O6. The predicted octanol–water partition coefficient (Wildman–Crippen LogP) is 2.17. The number of methoxy groups -OCH3 is 1. The SMILES string of the molecule is COc1ccc([N+](=O)[O-])cc1N1C(=O)[C@@H]2[C@@H](C1=O)[C@]1(C(=O)Nc3ccc(F)cc31)N1CCC[C@@H]21. The fourth-order valence-electron chi connectivity index (χ4n) is 6.38. The van der Waals surface area contributed by atoms with E-state index in [1.165, 1.54) is 37.4 Å². The molecule has 4 aliphatic rings. The van der Waals surface area contributed by atoms with Crippen LogP contribution in [0.25, 0.3) is 0 Å². The Morgan fingerprint density at radius 1 is 1.18 bits per heavy atom. The zero-order valence-corrected chi connectivity index (χ0v) is 18.0. The molecule has 4 aliphatic heterocycles. The van der Waals surface area contributed by atoms with Crippen LogP contribution in [0.5, 0.6) is 5.75 Å². The van der Waals surface area contributed by atoms with E-state index >= 15 is 0 Å². The number of amides is 3. The zero-order valence-electron chi connectivity index (χ0n) is 18.0. The fourth-order valence-corrected chi connectivity index (χ4v) is 6.38. The van der Waals surface area contributed by atoms with Crippen LogP contribution < -0.4 is 15.0 Å². The van der Waals surface area contributed by atoms with Crippen LogP contribution in [0.4, 0.5) is 21.5 Å². The number of fused-ring (bicyclic) bond motifs is 7. The van der Waals surface area contributed by atoms with Gasteiger partial charge in [-0.25, -0.2) is 9.29 Å².